The van der Waals surface area contributed by atoms with E-state index < -0.39 is 11.9 Å². The van der Waals surface area contributed by atoms with E-state index >= 15 is 0 Å². The molecule has 2 heterocycles. The summed E-state index contributed by atoms with van der Waals surface area (Å²) in [7, 11) is 1.53. The largest absolute Gasteiger partial charge is 0.477 e. The van der Waals surface area contributed by atoms with Crippen LogP contribution in [-0.4, -0.2) is 26.8 Å². The summed E-state index contributed by atoms with van der Waals surface area (Å²) < 4.78 is 6.16. The Kier molecular flexibility index (Phi) is 2.65. The van der Waals surface area contributed by atoms with Crippen LogP contribution < -0.4 is 5.32 Å². The minimum atomic E-state index is -1.16. The van der Waals surface area contributed by atoms with E-state index in [1.165, 1.54) is 30.3 Å². The van der Waals surface area contributed by atoms with E-state index in [9.17, 15) is 9.59 Å². The average Bonchev–Trinajstić information content (AvgIpc) is 2.89. The van der Waals surface area contributed by atoms with Crippen molar-refractivity contribution >= 4 is 17.7 Å². The van der Waals surface area contributed by atoms with E-state index in [4.69, 9.17) is 9.52 Å². The van der Waals surface area contributed by atoms with Gasteiger partial charge in [0.1, 0.15) is 11.4 Å². The average molecular weight is 235 g/mol. The molecule has 0 aliphatic heterocycles. The highest BCUT2D eigenvalue weighted by molar-refractivity contribution is 6.05. The van der Waals surface area contributed by atoms with Crippen molar-refractivity contribution < 1.29 is 19.1 Å². The summed E-state index contributed by atoms with van der Waals surface area (Å²) in [5.74, 6) is -1.48. The molecule has 0 unspecified atom stereocenters. The molecular weight excluding hydrogens is 226 g/mol. The normalized spacial score (nSPS) is 10.2. The van der Waals surface area contributed by atoms with Crippen LogP contribution in [0, 0.1) is 0 Å². The molecule has 7 nitrogen and oxygen atoms in total. The van der Waals surface area contributed by atoms with Crippen molar-refractivity contribution in [2.45, 2.75) is 0 Å². The Balaban J connectivity index is 2.27. The summed E-state index contributed by atoms with van der Waals surface area (Å²) >= 11 is 0. The van der Waals surface area contributed by atoms with Gasteiger partial charge in [0.25, 0.3) is 5.91 Å². The Morgan fingerprint density at radius 3 is 2.88 bits per heavy atom. The lowest BCUT2D eigenvalue weighted by Crippen LogP contribution is -2.16. The Morgan fingerprint density at radius 2 is 2.29 bits per heavy atom. The Morgan fingerprint density at radius 1 is 1.53 bits per heavy atom. The Bertz CT molecular complexity index is 556. The molecule has 0 bridgehead atoms. The third-order valence-corrected chi connectivity index (χ3v) is 2.15. The zero-order valence-corrected chi connectivity index (χ0v) is 8.88. The van der Waals surface area contributed by atoms with Gasteiger partial charge in [-0.2, -0.15) is 5.10 Å². The van der Waals surface area contributed by atoms with Crippen LogP contribution in [0.2, 0.25) is 0 Å². The number of carboxylic acid groups (broad SMARTS) is 1. The molecule has 0 saturated heterocycles. The summed E-state index contributed by atoms with van der Waals surface area (Å²) in [6.45, 7) is 0. The Hall–Kier alpha value is -2.57. The van der Waals surface area contributed by atoms with E-state index in [-0.39, 0.29) is 17.1 Å². The van der Waals surface area contributed by atoms with Gasteiger partial charge in [0.05, 0.1) is 12.5 Å². The topological polar surface area (TPSA) is 97.4 Å². The maximum atomic E-state index is 11.7. The van der Waals surface area contributed by atoms with E-state index in [0.29, 0.717) is 0 Å². The molecule has 2 aromatic heterocycles. The van der Waals surface area contributed by atoms with E-state index in [1.807, 2.05) is 0 Å². The van der Waals surface area contributed by atoms with Gasteiger partial charge < -0.3 is 14.8 Å². The predicted octanol–water partition coefficient (Wildman–Crippen LogP) is 0.964. The van der Waals surface area contributed by atoms with Gasteiger partial charge in [-0.05, 0) is 12.1 Å². The quantitative estimate of drug-likeness (QED) is 0.825. The summed E-state index contributed by atoms with van der Waals surface area (Å²) in [5.41, 5.74) is -0.0765. The molecule has 0 saturated carbocycles. The van der Waals surface area contributed by atoms with Gasteiger partial charge in [-0.15, -0.1) is 0 Å². The van der Waals surface area contributed by atoms with Gasteiger partial charge >= 0.3 is 5.97 Å². The lowest BCUT2D eigenvalue weighted by molar-refractivity contribution is 0.0698. The van der Waals surface area contributed by atoms with Crippen LogP contribution in [0.25, 0.3) is 0 Å². The van der Waals surface area contributed by atoms with Gasteiger partial charge in [0.2, 0.25) is 0 Å². The number of nitrogens with one attached hydrogen (secondary N) is 1. The van der Waals surface area contributed by atoms with E-state index in [2.05, 4.69) is 10.4 Å². The number of anilines is 1. The smallest absolute Gasteiger partial charge is 0.341 e. The van der Waals surface area contributed by atoms with Crippen LogP contribution in [0.5, 0.6) is 0 Å². The molecule has 2 rings (SSSR count). The first-order chi connectivity index (χ1) is 8.09. The van der Waals surface area contributed by atoms with Gasteiger partial charge in [-0.1, -0.05) is 0 Å². The number of hydrogen-bond acceptors (Lipinski definition) is 4. The number of aryl methyl sites for hydroxylation is 1. The zero-order chi connectivity index (χ0) is 12.4. The van der Waals surface area contributed by atoms with E-state index in [0.717, 1.165) is 0 Å². The minimum absolute atomic E-state index is 0.0765. The lowest BCUT2D eigenvalue weighted by Gasteiger charge is -2.04. The second-order valence-electron chi connectivity index (χ2n) is 3.27. The highest BCUT2D eigenvalue weighted by Crippen LogP contribution is 2.15. The summed E-state index contributed by atoms with van der Waals surface area (Å²) in [6.07, 6.45) is 2.52. The molecular formula is C10H9N3O4. The fourth-order valence-electron chi connectivity index (χ4n) is 1.32. The molecule has 17 heavy (non-hydrogen) atoms. The Labute approximate surface area is 95.7 Å². The number of amides is 1. The molecule has 0 aliphatic carbocycles. The number of rotatable bonds is 3. The van der Waals surface area contributed by atoms with Crippen LogP contribution in [-0.2, 0) is 7.05 Å². The van der Waals surface area contributed by atoms with Crippen molar-refractivity contribution in [2.24, 2.45) is 7.05 Å². The lowest BCUT2D eigenvalue weighted by atomic mass is 10.3. The molecule has 0 fully saturated rings. The fraction of sp³-hybridized carbons (Fsp3) is 0.100. The van der Waals surface area contributed by atoms with Crippen molar-refractivity contribution in [1.29, 1.82) is 0 Å². The molecule has 0 spiro atoms. The van der Waals surface area contributed by atoms with E-state index in [1.54, 1.807) is 6.07 Å². The van der Waals surface area contributed by atoms with Crippen molar-refractivity contribution in [3.63, 3.8) is 0 Å². The number of carbonyl (C=O) groups is 2. The van der Waals surface area contributed by atoms with Crippen molar-refractivity contribution in [2.75, 3.05) is 5.32 Å². The minimum Gasteiger partial charge on any atom is -0.477 e. The predicted molar refractivity (Wildman–Crippen MR) is 56.8 cm³/mol. The highest BCUT2D eigenvalue weighted by Gasteiger charge is 2.18. The second-order valence-corrected chi connectivity index (χ2v) is 3.27. The molecule has 2 N–H and O–H groups in total. The van der Waals surface area contributed by atoms with Crippen LogP contribution in [0.4, 0.5) is 5.82 Å². The first-order valence-electron chi connectivity index (χ1n) is 4.69. The first kappa shape index (κ1) is 10.9. The zero-order valence-electron chi connectivity index (χ0n) is 8.88. The fourth-order valence-corrected chi connectivity index (χ4v) is 1.32. The van der Waals surface area contributed by atoms with Crippen LogP contribution in [0.3, 0.4) is 0 Å². The molecule has 7 heteroatoms. The molecule has 1 amide bonds. The van der Waals surface area contributed by atoms with Gasteiger partial charge in [-0.25, -0.2) is 4.79 Å². The number of carbonyl (C=O) groups excluding carboxylic acids is 1. The van der Waals surface area contributed by atoms with Crippen LogP contribution in [0.15, 0.2) is 29.0 Å². The number of hydrogen-bond donors (Lipinski definition) is 2. The van der Waals surface area contributed by atoms with Crippen molar-refractivity contribution in [3.05, 3.63) is 35.9 Å². The third-order valence-electron chi connectivity index (χ3n) is 2.15. The number of nitrogens with zero attached hydrogens (tertiary/aromatic N) is 2. The highest BCUT2D eigenvalue weighted by atomic mass is 16.4. The van der Waals surface area contributed by atoms with Gasteiger partial charge in [0, 0.05) is 7.05 Å². The molecule has 0 radical (unpaired) electrons. The standard InChI is InChI=1S/C10H9N3O4/c1-13-8(6(5-11-13)10(15)16)12-9(14)7-3-2-4-17-7/h2-5H,1H3,(H,12,14)(H,15,16). The van der Waals surface area contributed by atoms with Gasteiger partial charge in [-0.3, -0.25) is 9.48 Å². The first-order valence-corrected chi connectivity index (χ1v) is 4.69. The number of aromatic nitrogens is 2. The maximum Gasteiger partial charge on any atom is 0.341 e. The number of aromatic carboxylic acids is 1. The number of carboxylic acids is 1. The molecule has 88 valence electrons. The third kappa shape index (κ3) is 2.03. The van der Waals surface area contributed by atoms with Gasteiger partial charge in [0.15, 0.2) is 5.76 Å². The number of furan rings is 1. The van der Waals surface area contributed by atoms with Crippen LogP contribution in [0.1, 0.15) is 20.9 Å². The van der Waals surface area contributed by atoms with Crippen molar-refractivity contribution in [1.82, 2.24) is 9.78 Å². The summed E-state index contributed by atoms with van der Waals surface area (Å²) in [4.78, 5) is 22.5. The summed E-state index contributed by atoms with van der Waals surface area (Å²) in [5, 5.41) is 15.1. The molecule has 2 aromatic rings. The molecule has 0 atom stereocenters. The summed E-state index contributed by atoms with van der Waals surface area (Å²) in [6, 6.07) is 3.04. The maximum absolute atomic E-state index is 11.7. The SMILES string of the molecule is Cn1ncc(C(=O)O)c1NC(=O)c1ccco1. The van der Waals surface area contributed by atoms with Crippen molar-refractivity contribution in [3.8, 4) is 0 Å². The molecule has 0 aromatic carbocycles. The second kappa shape index (κ2) is 4.12. The molecule has 0 aliphatic rings. The van der Waals surface area contributed by atoms with Crippen LogP contribution >= 0.6 is 0 Å². The monoisotopic (exact) mass is 235 g/mol.